The van der Waals surface area contributed by atoms with Crippen molar-refractivity contribution in [1.29, 1.82) is 5.26 Å². The smallest absolute Gasteiger partial charge is 0.341 e. The number of rotatable bonds is 4. The number of carbonyl (C=O) groups excluding carboxylic acids is 2. The molecule has 7 heteroatoms. The summed E-state index contributed by atoms with van der Waals surface area (Å²) < 4.78 is 18.3. The number of nitrogens with zero attached hydrogens (tertiary/aromatic N) is 1. The first-order valence-electron chi connectivity index (χ1n) is 6.42. The van der Waals surface area contributed by atoms with E-state index >= 15 is 0 Å². The van der Waals surface area contributed by atoms with Crippen LogP contribution >= 0.6 is 11.6 Å². The van der Waals surface area contributed by atoms with E-state index in [-0.39, 0.29) is 10.6 Å². The highest BCUT2D eigenvalue weighted by Gasteiger charge is 2.15. The molecule has 116 valence electrons. The molecular weight excluding hydrogens is 323 g/mol. The minimum atomic E-state index is -0.964. The molecule has 0 bridgehead atoms. The fourth-order valence-corrected chi connectivity index (χ4v) is 1.85. The normalized spacial score (nSPS) is 9.78. The van der Waals surface area contributed by atoms with Crippen LogP contribution < -0.4 is 5.32 Å². The summed E-state index contributed by atoms with van der Waals surface area (Å²) in [6, 6.07) is 11.6. The van der Waals surface area contributed by atoms with Crippen molar-refractivity contribution in [3.63, 3.8) is 0 Å². The van der Waals surface area contributed by atoms with Gasteiger partial charge in [-0.15, -0.1) is 0 Å². The summed E-state index contributed by atoms with van der Waals surface area (Å²) in [5.41, 5.74) is 0.593. The van der Waals surface area contributed by atoms with Crippen LogP contribution in [0.3, 0.4) is 0 Å². The van der Waals surface area contributed by atoms with Crippen LogP contribution in [0.2, 0.25) is 5.02 Å². The number of halogens is 2. The van der Waals surface area contributed by atoms with E-state index in [1.165, 1.54) is 36.4 Å². The number of ether oxygens (including phenoxy) is 1. The van der Waals surface area contributed by atoms with Gasteiger partial charge in [0.25, 0.3) is 5.91 Å². The highest BCUT2D eigenvalue weighted by molar-refractivity contribution is 6.30. The van der Waals surface area contributed by atoms with E-state index in [1.807, 2.05) is 6.07 Å². The number of amides is 1. The number of nitriles is 1. The van der Waals surface area contributed by atoms with Crippen LogP contribution in [0, 0.1) is 17.1 Å². The quantitative estimate of drug-likeness (QED) is 0.872. The van der Waals surface area contributed by atoms with Gasteiger partial charge in [0.15, 0.2) is 6.61 Å². The second-order valence-electron chi connectivity index (χ2n) is 4.44. The van der Waals surface area contributed by atoms with E-state index in [9.17, 15) is 14.0 Å². The molecule has 0 spiro atoms. The van der Waals surface area contributed by atoms with Crippen LogP contribution in [-0.4, -0.2) is 18.5 Å². The molecule has 0 atom stereocenters. The van der Waals surface area contributed by atoms with Gasteiger partial charge in [-0.25, -0.2) is 9.18 Å². The maximum Gasteiger partial charge on any atom is 0.341 e. The maximum absolute atomic E-state index is 13.5. The lowest BCUT2D eigenvalue weighted by Crippen LogP contribution is -2.21. The van der Waals surface area contributed by atoms with Crippen molar-refractivity contribution in [3.8, 4) is 6.07 Å². The van der Waals surface area contributed by atoms with Crippen LogP contribution in [0.4, 0.5) is 10.1 Å². The number of hydrogen-bond donors (Lipinski definition) is 1. The van der Waals surface area contributed by atoms with Gasteiger partial charge in [-0.2, -0.15) is 5.26 Å². The van der Waals surface area contributed by atoms with Gasteiger partial charge in [-0.05, 0) is 42.5 Å². The van der Waals surface area contributed by atoms with E-state index < -0.39 is 24.3 Å². The average molecular weight is 333 g/mol. The molecule has 1 amide bonds. The molecule has 2 aromatic carbocycles. The Morgan fingerprint density at radius 2 is 1.91 bits per heavy atom. The first kappa shape index (κ1) is 16.5. The summed E-state index contributed by atoms with van der Waals surface area (Å²) in [6.45, 7) is -0.569. The summed E-state index contributed by atoms with van der Waals surface area (Å²) in [4.78, 5) is 23.4. The van der Waals surface area contributed by atoms with Gasteiger partial charge in [-0.1, -0.05) is 11.6 Å². The van der Waals surface area contributed by atoms with Gasteiger partial charge in [0.2, 0.25) is 0 Å². The lowest BCUT2D eigenvalue weighted by Gasteiger charge is -2.07. The third kappa shape index (κ3) is 4.53. The predicted molar refractivity (Wildman–Crippen MR) is 81.5 cm³/mol. The van der Waals surface area contributed by atoms with E-state index in [4.69, 9.17) is 21.6 Å². The van der Waals surface area contributed by atoms with E-state index in [0.29, 0.717) is 11.3 Å². The Labute approximate surface area is 136 Å². The Bertz CT molecular complexity index is 785. The number of hydrogen-bond acceptors (Lipinski definition) is 4. The Morgan fingerprint density at radius 1 is 1.22 bits per heavy atom. The van der Waals surface area contributed by atoms with Crippen molar-refractivity contribution in [2.75, 3.05) is 11.9 Å². The number of nitrogens with one attached hydrogen (secondary N) is 1. The largest absolute Gasteiger partial charge is 0.452 e. The van der Waals surface area contributed by atoms with E-state index in [1.54, 1.807) is 0 Å². The highest BCUT2D eigenvalue weighted by Crippen LogP contribution is 2.15. The van der Waals surface area contributed by atoms with Crippen molar-refractivity contribution < 1.29 is 18.7 Å². The highest BCUT2D eigenvalue weighted by atomic mass is 35.5. The monoisotopic (exact) mass is 332 g/mol. The van der Waals surface area contributed by atoms with Gasteiger partial charge in [0.05, 0.1) is 17.2 Å². The molecule has 2 rings (SSSR count). The van der Waals surface area contributed by atoms with Gasteiger partial charge < -0.3 is 10.1 Å². The molecule has 0 fully saturated rings. The molecular formula is C16H10ClFN2O3. The number of benzene rings is 2. The van der Waals surface area contributed by atoms with Crippen molar-refractivity contribution >= 4 is 29.2 Å². The molecule has 0 aliphatic rings. The topological polar surface area (TPSA) is 79.2 Å². The molecule has 0 aromatic heterocycles. The summed E-state index contributed by atoms with van der Waals surface area (Å²) in [6.07, 6.45) is 0. The van der Waals surface area contributed by atoms with E-state index in [0.717, 1.165) is 6.07 Å². The first-order chi connectivity index (χ1) is 11.0. The average Bonchev–Trinajstić information content (AvgIpc) is 2.53. The zero-order valence-corrected chi connectivity index (χ0v) is 12.4. The third-order valence-electron chi connectivity index (χ3n) is 2.78. The van der Waals surface area contributed by atoms with Crippen LogP contribution in [-0.2, 0) is 9.53 Å². The first-order valence-corrected chi connectivity index (χ1v) is 6.79. The summed E-state index contributed by atoms with van der Waals surface area (Å²) in [5.74, 6) is -2.37. The summed E-state index contributed by atoms with van der Waals surface area (Å²) >= 11 is 5.58. The lowest BCUT2D eigenvalue weighted by molar-refractivity contribution is -0.119. The van der Waals surface area contributed by atoms with Crippen LogP contribution in [0.15, 0.2) is 42.5 Å². The van der Waals surface area contributed by atoms with Crippen molar-refractivity contribution in [3.05, 3.63) is 64.4 Å². The second-order valence-corrected chi connectivity index (χ2v) is 4.87. The molecule has 2 aromatic rings. The predicted octanol–water partition coefficient (Wildman–Crippen LogP) is 3.15. The molecule has 5 nitrogen and oxygen atoms in total. The Kier molecular flexibility index (Phi) is 5.28. The van der Waals surface area contributed by atoms with Crippen molar-refractivity contribution in [2.45, 2.75) is 0 Å². The molecule has 0 aliphatic carbocycles. The molecule has 0 aliphatic heterocycles. The molecule has 1 N–H and O–H groups in total. The fourth-order valence-electron chi connectivity index (χ4n) is 1.69. The Balaban J connectivity index is 1.90. The standard InChI is InChI=1S/C16H10ClFN2O3/c17-11-3-6-13(14(18)7-11)16(22)23-9-15(21)20-12-4-1-10(8-19)2-5-12/h1-7H,9H2,(H,20,21). The van der Waals surface area contributed by atoms with Gasteiger partial charge >= 0.3 is 5.97 Å². The van der Waals surface area contributed by atoms with Crippen LogP contribution in [0.1, 0.15) is 15.9 Å². The van der Waals surface area contributed by atoms with Gasteiger partial charge in [0, 0.05) is 10.7 Å². The molecule has 0 radical (unpaired) electrons. The number of anilines is 1. The SMILES string of the molecule is N#Cc1ccc(NC(=O)COC(=O)c2ccc(Cl)cc2F)cc1. The third-order valence-corrected chi connectivity index (χ3v) is 3.02. The molecule has 0 unspecified atom stereocenters. The van der Waals surface area contributed by atoms with Crippen molar-refractivity contribution in [1.82, 2.24) is 0 Å². The number of carbonyl (C=O) groups is 2. The second kappa shape index (κ2) is 7.38. The minimum absolute atomic E-state index is 0.151. The zero-order valence-electron chi connectivity index (χ0n) is 11.7. The van der Waals surface area contributed by atoms with Crippen LogP contribution in [0.5, 0.6) is 0 Å². The van der Waals surface area contributed by atoms with Crippen LogP contribution in [0.25, 0.3) is 0 Å². The molecule has 23 heavy (non-hydrogen) atoms. The number of esters is 1. The zero-order chi connectivity index (χ0) is 16.8. The fraction of sp³-hybridized carbons (Fsp3) is 0.0625. The maximum atomic E-state index is 13.5. The molecule has 0 saturated carbocycles. The van der Waals surface area contributed by atoms with Gasteiger partial charge in [-0.3, -0.25) is 4.79 Å². The molecule has 0 saturated heterocycles. The minimum Gasteiger partial charge on any atom is -0.452 e. The molecule has 0 heterocycles. The summed E-state index contributed by atoms with van der Waals surface area (Å²) in [7, 11) is 0. The van der Waals surface area contributed by atoms with Gasteiger partial charge in [0.1, 0.15) is 5.82 Å². The summed E-state index contributed by atoms with van der Waals surface area (Å²) in [5, 5.41) is 11.3. The lowest BCUT2D eigenvalue weighted by atomic mass is 10.2. The van der Waals surface area contributed by atoms with Crippen molar-refractivity contribution in [2.24, 2.45) is 0 Å². The van der Waals surface area contributed by atoms with E-state index in [2.05, 4.69) is 5.32 Å². The Hall–Kier alpha value is -2.91. The Morgan fingerprint density at radius 3 is 2.52 bits per heavy atom.